The van der Waals surface area contributed by atoms with E-state index in [1.54, 1.807) is 0 Å². The number of alkyl halides is 3. The molecule has 0 aromatic heterocycles. The van der Waals surface area contributed by atoms with Gasteiger partial charge in [-0.25, -0.2) is 0 Å². The van der Waals surface area contributed by atoms with Gasteiger partial charge in [0.25, 0.3) is 0 Å². The van der Waals surface area contributed by atoms with Gasteiger partial charge in [0.05, 0.1) is 5.56 Å². The number of nitrogens with zero attached hydrogens (tertiary/aromatic N) is 1. The molecule has 0 fully saturated rings. The molecule has 2 N–H and O–H groups in total. The van der Waals surface area contributed by atoms with Gasteiger partial charge >= 0.3 is 6.18 Å². The molecule has 0 amide bonds. The summed E-state index contributed by atoms with van der Waals surface area (Å²) in [5, 5.41) is 0. The molecule has 0 aliphatic heterocycles. The van der Waals surface area contributed by atoms with Gasteiger partial charge in [-0.3, -0.25) is 0 Å². The van der Waals surface area contributed by atoms with Crippen LogP contribution < -0.4 is 5.73 Å². The summed E-state index contributed by atoms with van der Waals surface area (Å²) in [6.07, 6.45) is -3.68. The van der Waals surface area contributed by atoms with E-state index < -0.39 is 11.7 Å². The van der Waals surface area contributed by atoms with Crippen LogP contribution in [0.5, 0.6) is 0 Å². The Balaban J connectivity index is 2.84. The van der Waals surface area contributed by atoms with Crippen LogP contribution in [-0.4, -0.2) is 25.5 Å². The summed E-state index contributed by atoms with van der Waals surface area (Å²) in [4.78, 5) is 1.96. The topological polar surface area (TPSA) is 29.3 Å². The Bertz CT molecular complexity index is 359. The number of halogens is 3. The molecule has 5 heteroatoms. The number of rotatable bonds is 3. The Morgan fingerprint density at radius 3 is 2.31 bits per heavy atom. The molecule has 0 spiro atoms. The van der Waals surface area contributed by atoms with E-state index in [1.165, 1.54) is 6.07 Å². The van der Waals surface area contributed by atoms with Crippen molar-refractivity contribution in [3.63, 3.8) is 0 Å². The minimum Gasteiger partial charge on any atom is -0.398 e. The summed E-state index contributed by atoms with van der Waals surface area (Å²) in [5.41, 5.74) is 5.85. The van der Waals surface area contributed by atoms with Crippen LogP contribution in [0.15, 0.2) is 18.2 Å². The van der Waals surface area contributed by atoms with Crippen molar-refractivity contribution >= 4 is 5.69 Å². The van der Waals surface area contributed by atoms with Crippen molar-refractivity contribution in [2.45, 2.75) is 12.6 Å². The zero-order valence-electron chi connectivity index (χ0n) is 9.30. The quantitative estimate of drug-likeness (QED) is 0.811. The highest BCUT2D eigenvalue weighted by Crippen LogP contribution is 2.31. The third-order valence-corrected chi connectivity index (χ3v) is 2.30. The number of hydrogen-bond donors (Lipinski definition) is 1. The fourth-order valence-electron chi connectivity index (χ4n) is 1.34. The smallest absolute Gasteiger partial charge is 0.398 e. The predicted molar refractivity (Wildman–Crippen MR) is 58.1 cm³/mol. The van der Waals surface area contributed by atoms with Crippen molar-refractivity contribution < 1.29 is 13.2 Å². The van der Waals surface area contributed by atoms with Gasteiger partial charge in [0.15, 0.2) is 0 Å². The summed E-state index contributed by atoms with van der Waals surface area (Å²) >= 11 is 0. The average Bonchev–Trinajstić information content (AvgIpc) is 2.14. The molecule has 1 aromatic rings. The predicted octanol–water partition coefficient (Wildman–Crippen LogP) is 2.39. The van der Waals surface area contributed by atoms with Gasteiger partial charge in [0.1, 0.15) is 0 Å². The maximum absolute atomic E-state index is 12.3. The second-order valence-electron chi connectivity index (χ2n) is 3.96. The van der Waals surface area contributed by atoms with Crippen molar-refractivity contribution in [1.29, 1.82) is 0 Å². The summed E-state index contributed by atoms with van der Waals surface area (Å²) in [6.45, 7) is 0.759. The van der Waals surface area contributed by atoms with Crippen molar-refractivity contribution in [3.8, 4) is 0 Å². The first-order valence-corrected chi connectivity index (χ1v) is 4.91. The summed E-state index contributed by atoms with van der Waals surface area (Å²) in [7, 11) is 3.81. The van der Waals surface area contributed by atoms with E-state index >= 15 is 0 Å². The lowest BCUT2D eigenvalue weighted by Gasteiger charge is -2.13. The van der Waals surface area contributed by atoms with E-state index in [-0.39, 0.29) is 5.69 Å². The third kappa shape index (κ3) is 3.41. The monoisotopic (exact) mass is 232 g/mol. The van der Waals surface area contributed by atoms with Crippen LogP contribution in [0.3, 0.4) is 0 Å². The van der Waals surface area contributed by atoms with E-state index in [2.05, 4.69) is 0 Å². The Morgan fingerprint density at radius 1 is 1.25 bits per heavy atom. The second kappa shape index (κ2) is 4.74. The van der Waals surface area contributed by atoms with E-state index in [1.807, 2.05) is 19.0 Å². The lowest BCUT2D eigenvalue weighted by atomic mass is 10.1. The molecule has 0 aliphatic rings. The fraction of sp³-hybridized carbons (Fsp3) is 0.455. The zero-order chi connectivity index (χ0) is 12.3. The first-order valence-electron chi connectivity index (χ1n) is 4.91. The number of nitrogen functional groups attached to an aromatic ring is 1. The number of nitrogens with two attached hydrogens (primary N) is 1. The van der Waals surface area contributed by atoms with E-state index in [0.717, 1.165) is 24.2 Å². The van der Waals surface area contributed by atoms with Crippen LogP contribution in [0.1, 0.15) is 11.1 Å². The van der Waals surface area contributed by atoms with Gasteiger partial charge in [-0.2, -0.15) is 13.2 Å². The first kappa shape index (κ1) is 12.8. The standard InChI is InChI=1S/C11H15F3N2/c1-16(2)6-5-8-3-4-9(7-10(8)15)11(12,13)14/h3-4,7H,5-6,15H2,1-2H3. The Hall–Kier alpha value is -1.23. The molecule has 90 valence electrons. The van der Waals surface area contributed by atoms with Crippen molar-refractivity contribution in [1.82, 2.24) is 4.90 Å². The molecule has 2 nitrogen and oxygen atoms in total. The van der Waals surface area contributed by atoms with Crippen LogP contribution in [0.2, 0.25) is 0 Å². The average molecular weight is 232 g/mol. The highest BCUT2D eigenvalue weighted by molar-refractivity contribution is 5.50. The normalized spacial score (nSPS) is 12.1. The fourth-order valence-corrected chi connectivity index (χ4v) is 1.34. The zero-order valence-corrected chi connectivity index (χ0v) is 9.30. The Labute approximate surface area is 92.9 Å². The SMILES string of the molecule is CN(C)CCc1ccc(C(F)(F)F)cc1N. The van der Waals surface area contributed by atoms with Crippen molar-refractivity contribution in [3.05, 3.63) is 29.3 Å². The van der Waals surface area contributed by atoms with Gasteiger partial charge in [-0.15, -0.1) is 0 Å². The number of likely N-dealkylation sites (N-methyl/N-ethyl adjacent to an activating group) is 1. The molecule has 0 unspecified atom stereocenters. The molecule has 0 bridgehead atoms. The second-order valence-corrected chi connectivity index (χ2v) is 3.96. The molecule has 0 saturated heterocycles. The molecule has 0 aliphatic carbocycles. The molecular formula is C11H15F3N2. The van der Waals surface area contributed by atoms with Gasteiger partial charge in [0, 0.05) is 12.2 Å². The molecule has 0 heterocycles. The minimum absolute atomic E-state index is 0.205. The van der Waals surface area contributed by atoms with Crippen LogP contribution in [0.4, 0.5) is 18.9 Å². The molecule has 0 saturated carbocycles. The van der Waals surface area contributed by atoms with Crippen LogP contribution >= 0.6 is 0 Å². The number of hydrogen-bond acceptors (Lipinski definition) is 2. The van der Waals surface area contributed by atoms with Crippen molar-refractivity contribution in [2.24, 2.45) is 0 Å². The molecule has 16 heavy (non-hydrogen) atoms. The Kier molecular flexibility index (Phi) is 3.80. The molecule has 0 radical (unpaired) electrons. The largest absolute Gasteiger partial charge is 0.416 e. The van der Waals surface area contributed by atoms with Gasteiger partial charge < -0.3 is 10.6 Å². The van der Waals surface area contributed by atoms with Crippen LogP contribution in [0, 0.1) is 0 Å². The summed E-state index contributed by atoms with van der Waals surface area (Å²) in [6, 6.07) is 3.51. The summed E-state index contributed by atoms with van der Waals surface area (Å²) in [5.74, 6) is 0. The van der Waals surface area contributed by atoms with E-state index in [4.69, 9.17) is 5.73 Å². The van der Waals surface area contributed by atoms with Crippen molar-refractivity contribution in [2.75, 3.05) is 26.4 Å². The van der Waals surface area contributed by atoms with Crippen LogP contribution in [0.25, 0.3) is 0 Å². The highest BCUT2D eigenvalue weighted by Gasteiger charge is 2.30. The number of benzene rings is 1. The summed E-state index contributed by atoms with van der Waals surface area (Å²) < 4.78 is 37.0. The maximum atomic E-state index is 12.3. The molecular weight excluding hydrogens is 217 g/mol. The molecule has 0 atom stereocenters. The molecule has 1 rings (SSSR count). The third-order valence-electron chi connectivity index (χ3n) is 2.30. The van der Waals surface area contributed by atoms with E-state index in [9.17, 15) is 13.2 Å². The van der Waals surface area contributed by atoms with Gasteiger partial charge in [-0.1, -0.05) is 6.07 Å². The maximum Gasteiger partial charge on any atom is 0.416 e. The minimum atomic E-state index is -4.33. The lowest BCUT2D eigenvalue weighted by molar-refractivity contribution is -0.137. The van der Waals surface area contributed by atoms with Gasteiger partial charge in [0.2, 0.25) is 0 Å². The van der Waals surface area contributed by atoms with E-state index in [0.29, 0.717) is 6.42 Å². The molecule has 1 aromatic carbocycles. The van der Waals surface area contributed by atoms with Crippen LogP contribution in [-0.2, 0) is 12.6 Å². The van der Waals surface area contributed by atoms with Gasteiger partial charge in [-0.05, 0) is 38.2 Å². The lowest BCUT2D eigenvalue weighted by Crippen LogP contribution is -2.16. The number of anilines is 1. The highest BCUT2D eigenvalue weighted by atomic mass is 19.4. The first-order chi connectivity index (χ1) is 7.30. The Morgan fingerprint density at radius 2 is 1.88 bits per heavy atom.